The van der Waals surface area contributed by atoms with Crippen LogP contribution in [0.1, 0.15) is 0 Å². The third-order valence-electron chi connectivity index (χ3n) is 2.23. The van der Waals surface area contributed by atoms with Gasteiger partial charge in [0.05, 0.1) is 16.5 Å². The van der Waals surface area contributed by atoms with Crippen LogP contribution in [-0.2, 0) is 10.0 Å². The van der Waals surface area contributed by atoms with Gasteiger partial charge in [0, 0.05) is 6.20 Å². The van der Waals surface area contributed by atoms with Crippen LogP contribution in [0, 0.1) is 11.8 Å². The molecule has 0 aliphatic carbocycles. The minimum Gasteiger partial charge on any atom is -0.479 e. The van der Waals surface area contributed by atoms with Crippen LogP contribution in [0.25, 0.3) is 0 Å². The van der Waals surface area contributed by atoms with Crippen LogP contribution in [0.3, 0.4) is 0 Å². The summed E-state index contributed by atoms with van der Waals surface area (Å²) in [5.41, 5.74) is 0. The zero-order chi connectivity index (χ0) is 15.1. The van der Waals surface area contributed by atoms with Crippen molar-refractivity contribution in [2.24, 2.45) is 0 Å². The summed E-state index contributed by atoms with van der Waals surface area (Å²) in [5.74, 6) is 6.05. The van der Waals surface area contributed by atoms with Crippen LogP contribution in [0.15, 0.2) is 44.7 Å². The quantitative estimate of drug-likeness (QED) is 0.800. The van der Waals surface area contributed by atoms with Crippen molar-refractivity contribution in [3.05, 3.63) is 40.4 Å². The van der Waals surface area contributed by atoms with Crippen molar-refractivity contribution in [3.63, 3.8) is 0 Å². The highest BCUT2D eigenvalue weighted by atomic mass is 79.9. The molecule has 0 atom stereocenters. The van der Waals surface area contributed by atoms with E-state index >= 15 is 0 Å². The third-order valence-corrected chi connectivity index (χ3v) is 5.75. The Labute approximate surface area is 135 Å². The van der Waals surface area contributed by atoms with E-state index in [0.29, 0.717) is 5.75 Å². The largest absolute Gasteiger partial charge is 0.479 e. The molecule has 5 nitrogen and oxygen atoms in total. The molecule has 0 aromatic carbocycles. The zero-order valence-electron chi connectivity index (χ0n) is 10.7. The molecular weight excluding hydrogens is 376 g/mol. The minimum absolute atomic E-state index is 0.0360. The van der Waals surface area contributed by atoms with E-state index in [1.165, 1.54) is 6.07 Å². The molecule has 0 unspecified atom stereocenters. The van der Waals surface area contributed by atoms with E-state index in [0.717, 1.165) is 15.1 Å². The normalized spacial score (nSPS) is 10.7. The molecule has 2 heterocycles. The van der Waals surface area contributed by atoms with Gasteiger partial charge in [-0.05, 0) is 40.2 Å². The molecule has 0 fully saturated rings. The van der Waals surface area contributed by atoms with Crippen LogP contribution in [0.4, 0.5) is 0 Å². The summed E-state index contributed by atoms with van der Waals surface area (Å²) in [5, 5.41) is 0. The summed E-state index contributed by atoms with van der Waals surface area (Å²) in [4.78, 5) is 3.90. The molecule has 2 aromatic rings. The van der Waals surface area contributed by atoms with Crippen LogP contribution in [-0.4, -0.2) is 26.6 Å². The average molecular weight is 387 g/mol. The molecule has 0 spiro atoms. The van der Waals surface area contributed by atoms with E-state index in [9.17, 15) is 8.42 Å². The number of pyridine rings is 1. The Hall–Kier alpha value is -1.40. The molecule has 0 radical (unpaired) electrons. The van der Waals surface area contributed by atoms with Gasteiger partial charge in [0.15, 0.2) is 0 Å². The van der Waals surface area contributed by atoms with Crippen LogP contribution in [0.2, 0.25) is 0 Å². The van der Waals surface area contributed by atoms with Gasteiger partial charge in [-0.1, -0.05) is 11.8 Å². The Morgan fingerprint density at radius 3 is 2.86 bits per heavy atom. The van der Waals surface area contributed by atoms with Gasteiger partial charge in [-0.2, -0.15) is 4.72 Å². The number of nitrogens with zero attached hydrogens (tertiary/aromatic N) is 1. The Kier molecular flexibility index (Phi) is 5.76. The van der Waals surface area contributed by atoms with Crippen molar-refractivity contribution in [2.75, 3.05) is 13.2 Å². The fraction of sp³-hybridized carbons (Fsp3) is 0.154. The van der Waals surface area contributed by atoms with Crippen molar-refractivity contribution in [1.82, 2.24) is 9.71 Å². The number of hydrogen-bond acceptors (Lipinski definition) is 5. The van der Waals surface area contributed by atoms with Crippen molar-refractivity contribution in [1.29, 1.82) is 0 Å². The Morgan fingerprint density at radius 2 is 2.19 bits per heavy atom. The molecule has 0 saturated heterocycles. The summed E-state index contributed by atoms with van der Waals surface area (Å²) in [6.07, 6.45) is 3.23. The summed E-state index contributed by atoms with van der Waals surface area (Å²) in [6, 6.07) is 6.75. The molecule has 2 rings (SSSR count). The van der Waals surface area contributed by atoms with Crippen molar-refractivity contribution >= 4 is 37.3 Å². The highest BCUT2D eigenvalue weighted by Crippen LogP contribution is 2.25. The molecule has 110 valence electrons. The maximum Gasteiger partial charge on any atom is 0.250 e. The molecule has 0 aliphatic heterocycles. The number of hydrogen-bond donors (Lipinski definition) is 1. The summed E-state index contributed by atoms with van der Waals surface area (Å²) in [6.45, 7) is 0.215. The maximum absolute atomic E-state index is 11.9. The van der Waals surface area contributed by atoms with Crippen molar-refractivity contribution in [2.45, 2.75) is 4.21 Å². The fourth-order valence-electron chi connectivity index (χ4n) is 1.31. The number of sulfonamides is 1. The molecule has 0 saturated carbocycles. The summed E-state index contributed by atoms with van der Waals surface area (Å²) in [7, 11) is -3.49. The standard InChI is InChI=1S/C13H11BrN2O3S2/c14-12-5-6-13(20-12)21(17,18)16-8-1-2-9-19-11-4-3-7-15-10-11/h3-7,10,16H,8-9H2. The number of nitrogens with one attached hydrogen (secondary N) is 1. The monoisotopic (exact) mass is 386 g/mol. The van der Waals surface area contributed by atoms with Crippen LogP contribution in [0.5, 0.6) is 5.75 Å². The lowest BCUT2D eigenvalue weighted by Crippen LogP contribution is -2.23. The summed E-state index contributed by atoms with van der Waals surface area (Å²) >= 11 is 4.37. The van der Waals surface area contributed by atoms with E-state index in [1.807, 2.05) is 0 Å². The molecule has 2 aromatic heterocycles. The van der Waals surface area contributed by atoms with Crippen LogP contribution < -0.4 is 9.46 Å². The van der Waals surface area contributed by atoms with Gasteiger partial charge in [0.1, 0.15) is 16.6 Å². The molecule has 1 N–H and O–H groups in total. The molecule has 8 heteroatoms. The lowest BCUT2D eigenvalue weighted by molar-refractivity contribution is 0.368. The molecule has 21 heavy (non-hydrogen) atoms. The van der Waals surface area contributed by atoms with Crippen molar-refractivity contribution < 1.29 is 13.2 Å². The predicted molar refractivity (Wildman–Crippen MR) is 84.7 cm³/mol. The van der Waals surface area contributed by atoms with Gasteiger partial charge in [0.2, 0.25) is 0 Å². The van der Waals surface area contributed by atoms with E-state index in [-0.39, 0.29) is 17.4 Å². The molecule has 0 aliphatic rings. The van der Waals surface area contributed by atoms with Gasteiger partial charge < -0.3 is 4.74 Å². The number of aromatic nitrogens is 1. The minimum atomic E-state index is -3.49. The second-order valence-corrected chi connectivity index (χ2v) is 8.17. The first-order chi connectivity index (χ1) is 10.1. The predicted octanol–water partition coefficient (Wildman–Crippen LogP) is 2.27. The number of thiophene rings is 1. The lowest BCUT2D eigenvalue weighted by Gasteiger charge is -2.00. The topological polar surface area (TPSA) is 68.3 Å². The van der Waals surface area contributed by atoms with E-state index < -0.39 is 10.0 Å². The van der Waals surface area contributed by atoms with Crippen molar-refractivity contribution in [3.8, 4) is 17.6 Å². The lowest BCUT2D eigenvalue weighted by atomic mass is 10.5. The number of ether oxygens (including phenoxy) is 1. The first kappa shape index (κ1) is 16.0. The van der Waals surface area contributed by atoms with E-state index in [4.69, 9.17) is 4.74 Å². The van der Waals surface area contributed by atoms with Gasteiger partial charge in [0.25, 0.3) is 10.0 Å². The zero-order valence-corrected chi connectivity index (χ0v) is 14.0. The Morgan fingerprint density at radius 1 is 1.33 bits per heavy atom. The highest BCUT2D eigenvalue weighted by molar-refractivity contribution is 9.11. The van der Waals surface area contributed by atoms with Crippen LogP contribution >= 0.6 is 27.3 Å². The Balaban J connectivity index is 1.78. The fourth-order valence-corrected chi connectivity index (χ4v) is 4.29. The average Bonchev–Trinajstić information content (AvgIpc) is 2.91. The smallest absolute Gasteiger partial charge is 0.250 e. The SMILES string of the molecule is O=S(=O)(NCC#CCOc1cccnc1)c1ccc(Br)s1. The summed E-state index contributed by atoms with van der Waals surface area (Å²) < 4.78 is 32.5. The highest BCUT2D eigenvalue weighted by Gasteiger charge is 2.14. The molecular formula is C13H11BrN2O3S2. The second kappa shape index (κ2) is 7.56. The maximum atomic E-state index is 11.9. The van der Waals surface area contributed by atoms with Gasteiger partial charge >= 0.3 is 0 Å². The van der Waals surface area contributed by atoms with Gasteiger partial charge in [-0.25, -0.2) is 8.42 Å². The molecule has 0 bridgehead atoms. The van der Waals surface area contributed by atoms with E-state index in [2.05, 4.69) is 37.5 Å². The third kappa shape index (κ3) is 5.13. The number of halogens is 1. The Bertz CT molecular complexity index is 748. The first-order valence-electron chi connectivity index (χ1n) is 5.81. The van der Waals surface area contributed by atoms with Gasteiger partial charge in [-0.3, -0.25) is 4.98 Å². The van der Waals surface area contributed by atoms with Gasteiger partial charge in [-0.15, -0.1) is 11.3 Å². The van der Waals surface area contributed by atoms with E-state index in [1.54, 1.807) is 30.6 Å². The second-order valence-electron chi connectivity index (χ2n) is 3.71. The first-order valence-corrected chi connectivity index (χ1v) is 8.91. The molecule has 0 amide bonds. The number of rotatable bonds is 5.